The van der Waals surface area contributed by atoms with Gasteiger partial charge in [0.25, 0.3) is 5.91 Å². The van der Waals surface area contributed by atoms with Gasteiger partial charge in [-0.3, -0.25) is 4.79 Å². The van der Waals surface area contributed by atoms with Crippen LogP contribution in [-0.2, 0) is 11.3 Å². The van der Waals surface area contributed by atoms with Crippen LogP contribution in [0.15, 0.2) is 53.4 Å². The first-order valence-corrected chi connectivity index (χ1v) is 8.92. The van der Waals surface area contributed by atoms with E-state index in [1.54, 1.807) is 36.1 Å². The van der Waals surface area contributed by atoms with Gasteiger partial charge in [-0.05, 0) is 55.1 Å². The molecular formula is C19H17N5O2S. The van der Waals surface area contributed by atoms with Crippen molar-refractivity contribution in [2.45, 2.75) is 18.4 Å². The van der Waals surface area contributed by atoms with Crippen LogP contribution in [0.3, 0.4) is 0 Å². The van der Waals surface area contributed by atoms with Gasteiger partial charge in [-0.25, -0.2) is 4.68 Å². The van der Waals surface area contributed by atoms with Crippen LogP contribution in [-0.4, -0.2) is 28.0 Å². The lowest BCUT2D eigenvalue weighted by Gasteiger charge is -2.08. The summed E-state index contributed by atoms with van der Waals surface area (Å²) in [6, 6.07) is 14.8. The van der Waals surface area contributed by atoms with Gasteiger partial charge in [-0.2, -0.15) is 5.26 Å². The predicted octanol–water partition coefficient (Wildman–Crippen LogP) is 3.55. The molecule has 0 aliphatic heterocycles. The topological polar surface area (TPSA) is 92.8 Å². The number of ether oxygens (including phenoxy) is 1. The number of aryl methyl sites for hydroxylation is 1. The number of rotatable bonds is 6. The van der Waals surface area contributed by atoms with Crippen LogP contribution in [0.2, 0.25) is 0 Å². The van der Waals surface area contributed by atoms with E-state index in [0.717, 1.165) is 27.9 Å². The monoisotopic (exact) mass is 379 g/mol. The molecule has 0 spiro atoms. The molecular weight excluding hydrogens is 362 g/mol. The van der Waals surface area contributed by atoms with Crippen LogP contribution in [0, 0.1) is 17.6 Å². The van der Waals surface area contributed by atoms with E-state index in [2.05, 4.69) is 15.6 Å². The molecule has 136 valence electrons. The van der Waals surface area contributed by atoms with Crippen LogP contribution in [0.25, 0.3) is 5.69 Å². The molecule has 0 bridgehead atoms. The summed E-state index contributed by atoms with van der Waals surface area (Å²) in [7, 11) is 1.56. The molecule has 0 aliphatic rings. The summed E-state index contributed by atoms with van der Waals surface area (Å²) in [5, 5.41) is 21.7. The number of nitrogens with one attached hydrogen (secondary N) is 1. The Morgan fingerprint density at radius 1 is 1.22 bits per heavy atom. The maximum absolute atomic E-state index is 12.7. The molecule has 0 saturated heterocycles. The first-order chi connectivity index (χ1) is 13.1. The summed E-state index contributed by atoms with van der Waals surface area (Å²) in [5.41, 5.74) is 3.30. The molecule has 0 saturated carbocycles. The first-order valence-electron chi connectivity index (χ1n) is 8.10. The molecule has 3 rings (SSSR count). The lowest BCUT2D eigenvalue weighted by molar-refractivity contribution is 0.101. The van der Waals surface area contributed by atoms with E-state index >= 15 is 0 Å². The highest BCUT2D eigenvalue weighted by atomic mass is 32.2. The summed E-state index contributed by atoms with van der Waals surface area (Å²) >= 11 is 1.06. The zero-order chi connectivity index (χ0) is 19.2. The molecule has 3 aromatic rings. The first kappa shape index (κ1) is 18.6. The Balaban J connectivity index is 1.86. The Kier molecular flexibility index (Phi) is 5.86. The number of benzene rings is 2. The molecule has 1 N–H and O–H groups in total. The minimum Gasteiger partial charge on any atom is -0.378 e. The maximum atomic E-state index is 12.7. The van der Waals surface area contributed by atoms with Gasteiger partial charge in [0.15, 0.2) is 5.69 Å². The van der Waals surface area contributed by atoms with Gasteiger partial charge in [-0.1, -0.05) is 22.9 Å². The molecule has 1 aromatic heterocycles. The van der Waals surface area contributed by atoms with Crippen molar-refractivity contribution in [1.29, 1.82) is 5.26 Å². The van der Waals surface area contributed by atoms with E-state index in [1.807, 2.05) is 36.6 Å². The Bertz CT molecular complexity index is 975. The zero-order valence-electron chi connectivity index (χ0n) is 14.8. The number of nitriles is 1. The molecule has 0 atom stereocenters. The highest BCUT2D eigenvalue weighted by molar-refractivity contribution is 8.03. The van der Waals surface area contributed by atoms with E-state index in [9.17, 15) is 4.79 Å². The van der Waals surface area contributed by atoms with Crippen LogP contribution < -0.4 is 5.32 Å². The SMILES string of the molecule is COCc1c(C(=O)Nc2ccc(SC#N)cc2)nnn1-c1ccc(C)cc1. The second kappa shape index (κ2) is 8.49. The molecule has 8 heteroatoms. The number of thiocyanates is 1. The van der Waals surface area contributed by atoms with Gasteiger partial charge >= 0.3 is 0 Å². The van der Waals surface area contributed by atoms with Crippen molar-refractivity contribution in [2.24, 2.45) is 0 Å². The molecule has 0 aliphatic carbocycles. The van der Waals surface area contributed by atoms with E-state index < -0.39 is 0 Å². The van der Waals surface area contributed by atoms with Gasteiger partial charge in [0.2, 0.25) is 0 Å². The normalized spacial score (nSPS) is 10.4. The average Bonchev–Trinajstić information content (AvgIpc) is 3.08. The third-order valence-corrected chi connectivity index (χ3v) is 4.41. The number of thioether (sulfide) groups is 1. The van der Waals surface area contributed by atoms with Crippen LogP contribution in [0.4, 0.5) is 5.69 Å². The molecule has 1 heterocycles. The Morgan fingerprint density at radius 2 is 1.93 bits per heavy atom. The number of methoxy groups -OCH3 is 1. The van der Waals surface area contributed by atoms with E-state index in [1.165, 1.54) is 0 Å². The summed E-state index contributed by atoms with van der Waals surface area (Å²) in [6.45, 7) is 2.20. The average molecular weight is 379 g/mol. The van der Waals surface area contributed by atoms with Gasteiger partial charge in [0.1, 0.15) is 11.1 Å². The number of hydrogen-bond donors (Lipinski definition) is 1. The van der Waals surface area contributed by atoms with Crippen LogP contribution in [0.1, 0.15) is 21.7 Å². The number of aromatic nitrogens is 3. The number of hydrogen-bond acceptors (Lipinski definition) is 6. The molecule has 27 heavy (non-hydrogen) atoms. The standard InChI is InChI=1S/C19H17N5O2S/c1-13-3-7-15(8-4-13)24-17(11-26-2)18(22-23-24)19(25)21-14-5-9-16(10-6-14)27-12-20/h3-10H,11H2,1-2H3,(H,21,25). The molecule has 0 unspecified atom stereocenters. The van der Waals surface area contributed by atoms with Crippen molar-refractivity contribution in [2.75, 3.05) is 12.4 Å². The highest BCUT2D eigenvalue weighted by Crippen LogP contribution is 2.20. The van der Waals surface area contributed by atoms with E-state index in [4.69, 9.17) is 10.00 Å². The molecule has 0 fully saturated rings. The molecule has 7 nitrogen and oxygen atoms in total. The number of nitrogens with zero attached hydrogens (tertiary/aromatic N) is 4. The third-order valence-electron chi connectivity index (χ3n) is 3.81. The predicted molar refractivity (Wildman–Crippen MR) is 103 cm³/mol. The van der Waals surface area contributed by atoms with Crippen molar-refractivity contribution in [3.63, 3.8) is 0 Å². The third kappa shape index (κ3) is 4.34. The van der Waals surface area contributed by atoms with Crippen LogP contribution in [0.5, 0.6) is 0 Å². The zero-order valence-corrected chi connectivity index (χ0v) is 15.7. The maximum Gasteiger partial charge on any atom is 0.278 e. The Morgan fingerprint density at radius 3 is 2.56 bits per heavy atom. The van der Waals surface area contributed by atoms with Gasteiger partial charge in [0.05, 0.1) is 12.3 Å². The highest BCUT2D eigenvalue weighted by Gasteiger charge is 2.20. The van der Waals surface area contributed by atoms with Crippen molar-refractivity contribution >= 4 is 23.4 Å². The summed E-state index contributed by atoms with van der Waals surface area (Å²) in [5.74, 6) is -0.374. The molecule has 1 amide bonds. The smallest absolute Gasteiger partial charge is 0.278 e. The van der Waals surface area contributed by atoms with E-state index in [0.29, 0.717) is 11.4 Å². The lowest BCUT2D eigenvalue weighted by atomic mass is 10.2. The quantitative estimate of drug-likeness (QED) is 0.520. The van der Waals surface area contributed by atoms with Crippen molar-refractivity contribution in [3.8, 4) is 11.1 Å². The van der Waals surface area contributed by atoms with Gasteiger partial charge in [0, 0.05) is 17.7 Å². The largest absolute Gasteiger partial charge is 0.378 e. The number of carbonyl (C=O) groups is 1. The number of anilines is 1. The fourth-order valence-electron chi connectivity index (χ4n) is 2.49. The van der Waals surface area contributed by atoms with Crippen LogP contribution >= 0.6 is 11.8 Å². The summed E-state index contributed by atoms with van der Waals surface area (Å²) in [6.07, 6.45) is 0. The lowest BCUT2D eigenvalue weighted by Crippen LogP contribution is -2.16. The molecule has 2 aromatic carbocycles. The fraction of sp³-hybridized carbons (Fsp3) is 0.158. The van der Waals surface area contributed by atoms with Crippen molar-refractivity contribution in [3.05, 3.63) is 65.5 Å². The number of carbonyl (C=O) groups excluding carboxylic acids is 1. The minimum atomic E-state index is -0.374. The Labute approximate surface area is 161 Å². The summed E-state index contributed by atoms with van der Waals surface area (Å²) in [4.78, 5) is 13.5. The van der Waals surface area contributed by atoms with Gasteiger partial charge < -0.3 is 10.1 Å². The van der Waals surface area contributed by atoms with E-state index in [-0.39, 0.29) is 18.2 Å². The van der Waals surface area contributed by atoms with Gasteiger partial charge in [-0.15, -0.1) is 5.10 Å². The second-order valence-corrected chi connectivity index (χ2v) is 6.60. The van der Waals surface area contributed by atoms with Crippen molar-refractivity contribution < 1.29 is 9.53 Å². The minimum absolute atomic E-state index is 0.196. The Hall–Kier alpha value is -3.15. The van der Waals surface area contributed by atoms with Crippen molar-refractivity contribution in [1.82, 2.24) is 15.0 Å². The number of amides is 1. The second-order valence-electron chi connectivity index (χ2n) is 5.74. The molecule has 0 radical (unpaired) electrons. The summed E-state index contributed by atoms with van der Waals surface area (Å²) < 4.78 is 6.84. The fourth-order valence-corrected chi connectivity index (χ4v) is 2.86.